The molecule has 1 atom stereocenters. The minimum Gasteiger partial charge on any atom is -0.462 e. The zero-order valence-electron chi connectivity index (χ0n) is 19.5. The molecule has 2 N–H and O–H groups in total. The lowest BCUT2D eigenvalue weighted by molar-refractivity contribution is -0.149. The molecule has 0 radical (unpaired) electrons. The molecule has 2 amide bonds. The van der Waals surface area contributed by atoms with Crippen LogP contribution in [-0.4, -0.2) is 43.0 Å². The van der Waals surface area contributed by atoms with Gasteiger partial charge in [-0.15, -0.1) is 11.3 Å². The van der Waals surface area contributed by atoms with Crippen LogP contribution in [0.4, 0.5) is 5.00 Å². The summed E-state index contributed by atoms with van der Waals surface area (Å²) >= 11 is 1.37. The van der Waals surface area contributed by atoms with E-state index in [1.807, 2.05) is 6.92 Å². The van der Waals surface area contributed by atoms with Crippen LogP contribution in [0.2, 0.25) is 0 Å². The SMILES string of the molecule is CCC[C@H](NC(=O)c1ccccc1)C(=O)OCC(=O)Nc1sc2c(c1C(=O)OCC)CCCC2. The van der Waals surface area contributed by atoms with Crippen molar-refractivity contribution in [2.24, 2.45) is 0 Å². The van der Waals surface area contributed by atoms with Gasteiger partial charge < -0.3 is 20.1 Å². The number of nitrogens with one attached hydrogen (secondary N) is 2. The van der Waals surface area contributed by atoms with Crippen molar-refractivity contribution < 1.29 is 28.7 Å². The van der Waals surface area contributed by atoms with Gasteiger partial charge in [-0.05, 0) is 56.7 Å². The zero-order chi connectivity index (χ0) is 24.5. The first-order chi connectivity index (χ1) is 16.4. The van der Waals surface area contributed by atoms with Crippen molar-refractivity contribution >= 4 is 40.1 Å². The Labute approximate surface area is 203 Å². The number of ether oxygens (including phenoxy) is 2. The van der Waals surface area contributed by atoms with E-state index in [4.69, 9.17) is 9.47 Å². The summed E-state index contributed by atoms with van der Waals surface area (Å²) in [4.78, 5) is 51.2. The van der Waals surface area contributed by atoms with E-state index in [0.29, 0.717) is 29.0 Å². The van der Waals surface area contributed by atoms with Crippen LogP contribution in [-0.2, 0) is 31.9 Å². The molecule has 1 aliphatic rings. The largest absolute Gasteiger partial charge is 0.462 e. The van der Waals surface area contributed by atoms with E-state index >= 15 is 0 Å². The minimum atomic E-state index is -0.866. The molecule has 8 nitrogen and oxygen atoms in total. The maximum absolute atomic E-state index is 12.6. The smallest absolute Gasteiger partial charge is 0.341 e. The summed E-state index contributed by atoms with van der Waals surface area (Å²) in [5.41, 5.74) is 1.77. The van der Waals surface area contributed by atoms with E-state index in [9.17, 15) is 19.2 Å². The van der Waals surface area contributed by atoms with Crippen LogP contribution in [0.15, 0.2) is 30.3 Å². The highest BCUT2D eigenvalue weighted by Crippen LogP contribution is 2.38. The van der Waals surface area contributed by atoms with Crippen molar-refractivity contribution in [1.29, 1.82) is 0 Å². The number of hydrogen-bond donors (Lipinski definition) is 2. The van der Waals surface area contributed by atoms with Crippen LogP contribution < -0.4 is 10.6 Å². The van der Waals surface area contributed by atoms with Gasteiger partial charge in [0, 0.05) is 10.4 Å². The molecule has 2 aromatic rings. The summed E-state index contributed by atoms with van der Waals surface area (Å²) in [5.74, 6) is -2.08. The van der Waals surface area contributed by atoms with Crippen molar-refractivity contribution in [2.75, 3.05) is 18.5 Å². The van der Waals surface area contributed by atoms with E-state index in [0.717, 1.165) is 36.1 Å². The van der Waals surface area contributed by atoms with E-state index in [2.05, 4.69) is 10.6 Å². The van der Waals surface area contributed by atoms with Crippen molar-refractivity contribution in [2.45, 2.75) is 58.4 Å². The Hall–Kier alpha value is -3.20. The molecule has 0 saturated heterocycles. The lowest BCUT2D eigenvalue weighted by Crippen LogP contribution is -2.42. The molecular weight excluding hydrogens is 456 g/mol. The van der Waals surface area contributed by atoms with Crippen molar-refractivity contribution in [3.8, 4) is 0 Å². The van der Waals surface area contributed by atoms with Crippen molar-refractivity contribution in [1.82, 2.24) is 5.32 Å². The Bertz CT molecular complexity index is 1030. The fourth-order valence-electron chi connectivity index (χ4n) is 3.84. The summed E-state index contributed by atoms with van der Waals surface area (Å²) in [5, 5.41) is 5.81. The van der Waals surface area contributed by atoms with Crippen LogP contribution >= 0.6 is 11.3 Å². The minimum absolute atomic E-state index is 0.238. The Morgan fingerprint density at radius 1 is 1.03 bits per heavy atom. The molecule has 1 aromatic heterocycles. The van der Waals surface area contributed by atoms with Gasteiger partial charge in [-0.3, -0.25) is 9.59 Å². The number of fused-ring (bicyclic) bond motifs is 1. The fraction of sp³-hybridized carbons (Fsp3) is 0.440. The quantitative estimate of drug-likeness (QED) is 0.493. The number of aryl methyl sites for hydroxylation is 1. The van der Waals surface area contributed by atoms with Crippen LogP contribution in [0.5, 0.6) is 0 Å². The summed E-state index contributed by atoms with van der Waals surface area (Å²) < 4.78 is 10.4. The van der Waals surface area contributed by atoms with Crippen LogP contribution in [0.3, 0.4) is 0 Å². The third-order valence-corrected chi connectivity index (χ3v) is 6.66. The Kier molecular flexibility index (Phi) is 9.21. The molecule has 0 fully saturated rings. The number of hydrogen-bond acceptors (Lipinski definition) is 7. The number of anilines is 1. The summed E-state index contributed by atoms with van der Waals surface area (Å²) in [6.45, 7) is 3.34. The van der Waals surface area contributed by atoms with Crippen molar-refractivity contribution in [3.05, 3.63) is 51.9 Å². The van der Waals surface area contributed by atoms with Gasteiger partial charge in [0.1, 0.15) is 11.0 Å². The number of rotatable bonds is 10. The zero-order valence-corrected chi connectivity index (χ0v) is 20.3. The monoisotopic (exact) mass is 486 g/mol. The average molecular weight is 487 g/mol. The van der Waals surface area contributed by atoms with E-state index in [1.54, 1.807) is 37.3 Å². The molecule has 34 heavy (non-hydrogen) atoms. The number of benzene rings is 1. The van der Waals surface area contributed by atoms with Gasteiger partial charge in [-0.25, -0.2) is 9.59 Å². The van der Waals surface area contributed by atoms with Crippen LogP contribution in [0, 0.1) is 0 Å². The molecule has 1 heterocycles. The summed E-state index contributed by atoms with van der Waals surface area (Å²) in [7, 11) is 0. The lowest BCUT2D eigenvalue weighted by Gasteiger charge is -2.17. The highest BCUT2D eigenvalue weighted by molar-refractivity contribution is 7.17. The van der Waals surface area contributed by atoms with Gasteiger partial charge in [-0.1, -0.05) is 31.5 Å². The average Bonchev–Trinajstić information content (AvgIpc) is 3.20. The fourth-order valence-corrected chi connectivity index (χ4v) is 5.14. The van der Waals surface area contributed by atoms with Crippen LogP contribution in [0.1, 0.15) is 70.7 Å². The van der Waals surface area contributed by atoms with Gasteiger partial charge in [0.15, 0.2) is 6.61 Å². The maximum atomic E-state index is 12.6. The summed E-state index contributed by atoms with van der Waals surface area (Å²) in [6.07, 6.45) is 4.67. The standard InChI is InChI=1S/C25H30N2O6S/c1-3-10-18(26-22(29)16-11-6-5-7-12-16)24(30)33-15-20(28)27-23-21(25(31)32-4-2)17-13-8-9-14-19(17)34-23/h5-7,11-12,18H,3-4,8-10,13-15H2,1-2H3,(H,26,29)(H,27,28)/t18-/m0/s1. The van der Waals surface area contributed by atoms with Gasteiger partial charge in [-0.2, -0.15) is 0 Å². The number of carbonyl (C=O) groups is 4. The van der Waals surface area contributed by atoms with E-state index in [1.165, 1.54) is 11.3 Å². The molecule has 1 aliphatic carbocycles. The third kappa shape index (κ3) is 6.44. The number of esters is 2. The first kappa shape index (κ1) is 25.4. The topological polar surface area (TPSA) is 111 Å². The number of thiophene rings is 1. The van der Waals surface area contributed by atoms with E-state index < -0.39 is 30.5 Å². The second-order valence-corrected chi connectivity index (χ2v) is 9.08. The lowest BCUT2D eigenvalue weighted by atomic mass is 9.95. The molecule has 3 rings (SSSR count). The predicted molar refractivity (Wildman–Crippen MR) is 129 cm³/mol. The van der Waals surface area contributed by atoms with E-state index in [-0.39, 0.29) is 12.5 Å². The highest BCUT2D eigenvalue weighted by Gasteiger charge is 2.28. The van der Waals surface area contributed by atoms with Gasteiger partial charge in [0.25, 0.3) is 11.8 Å². The van der Waals surface area contributed by atoms with Gasteiger partial charge in [0.2, 0.25) is 0 Å². The molecule has 0 bridgehead atoms. The molecule has 1 aromatic carbocycles. The summed E-state index contributed by atoms with van der Waals surface area (Å²) in [6, 6.07) is 7.70. The Morgan fingerprint density at radius 2 is 1.76 bits per heavy atom. The van der Waals surface area contributed by atoms with Gasteiger partial charge in [0.05, 0.1) is 12.2 Å². The highest BCUT2D eigenvalue weighted by atomic mass is 32.1. The number of amides is 2. The molecular formula is C25H30N2O6S. The Balaban J connectivity index is 1.62. The number of carbonyl (C=O) groups excluding carboxylic acids is 4. The molecule has 182 valence electrons. The molecule has 9 heteroatoms. The predicted octanol–water partition coefficient (Wildman–Crippen LogP) is 3.88. The van der Waals surface area contributed by atoms with Crippen molar-refractivity contribution in [3.63, 3.8) is 0 Å². The molecule has 0 saturated carbocycles. The maximum Gasteiger partial charge on any atom is 0.341 e. The second-order valence-electron chi connectivity index (χ2n) is 7.97. The third-order valence-electron chi connectivity index (χ3n) is 5.45. The molecule has 0 spiro atoms. The second kappa shape index (κ2) is 12.3. The first-order valence-electron chi connectivity index (χ1n) is 11.6. The van der Waals surface area contributed by atoms with Gasteiger partial charge >= 0.3 is 11.9 Å². The molecule has 0 aliphatic heterocycles. The normalized spacial score (nSPS) is 13.4. The van der Waals surface area contributed by atoms with Crippen LogP contribution in [0.25, 0.3) is 0 Å². The Morgan fingerprint density at radius 3 is 2.47 bits per heavy atom. The molecule has 0 unspecified atom stereocenters. The first-order valence-corrected chi connectivity index (χ1v) is 12.4.